The summed E-state index contributed by atoms with van der Waals surface area (Å²) < 4.78 is 5.28. The van der Waals surface area contributed by atoms with E-state index >= 15 is 0 Å². The first-order valence-corrected chi connectivity index (χ1v) is 6.07. The van der Waals surface area contributed by atoms with E-state index in [1.165, 1.54) is 0 Å². The number of hydrogen-bond donors (Lipinski definition) is 2. The van der Waals surface area contributed by atoms with Gasteiger partial charge in [-0.15, -0.1) is 0 Å². The fourth-order valence-corrected chi connectivity index (χ4v) is 2.41. The minimum absolute atomic E-state index is 0.0918. The Bertz CT molecular complexity index is 628. The quantitative estimate of drug-likeness (QED) is 0.858. The molecule has 3 unspecified atom stereocenters. The first-order chi connectivity index (χ1) is 9.15. The summed E-state index contributed by atoms with van der Waals surface area (Å²) in [5.74, 6) is -1.74. The molecule has 1 aromatic carbocycles. The number of rotatable bonds is 2. The maximum absolute atomic E-state index is 11.2. The molecular weight excluding hydrogens is 246 g/mol. The van der Waals surface area contributed by atoms with Crippen LogP contribution < -0.4 is 0 Å². The van der Waals surface area contributed by atoms with Crippen LogP contribution in [0.5, 0.6) is 0 Å². The summed E-state index contributed by atoms with van der Waals surface area (Å²) in [5, 5.41) is 19.6. The van der Waals surface area contributed by atoms with Gasteiger partial charge in [-0.25, -0.2) is 0 Å². The standard InChI is InChI=1S/C14H13NO4/c16-12-7-9(14(17)18)13(19-12)11-6-5-8-3-1-2-4-10(8)15-11/h1-6,9,12-13,16H,7H2,(H,17,18). The van der Waals surface area contributed by atoms with Crippen LogP contribution in [0.1, 0.15) is 18.2 Å². The summed E-state index contributed by atoms with van der Waals surface area (Å²) in [6.45, 7) is 0. The van der Waals surface area contributed by atoms with E-state index in [0.29, 0.717) is 5.69 Å². The van der Waals surface area contributed by atoms with Crippen molar-refractivity contribution in [3.63, 3.8) is 0 Å². The summed E-state index contributed by atoms with van der Waals surface area (Å²) in [7, 11) is 0. The van der Waals surface area contributed by atoms with Crippen LogP contribution in [-0.4, -0.2) is 27.5 Å². The third kappa shape index (κ3) is 2.18. The fraction of sp³-hybridized carbons (Fsp3) is 0.286. The van der Waals surface area contributed by atoms with Gasteiger partial charge in [-0.1, -0.05) is 24.3 Å². The van der Waals surface area contributed by atoms with Crippen molar-refractivity contribution in [2.75, 3.05) is 0 Å². The zero-order chi connectivity index (χ0) is 13.4. The number of para-hydroxylation sites is 1. The van der Waals surface area contributed by atoms with Crippen LogP contribution in [0.25, 0.3) is 10.9 Å². The maximum atomic E-state index is 11.2. The van der Waals surface area contributed by atoms with Crippen molar-refractivity contribution in [2.45, 2.75) is 18.8 Å². The van der Waals surface area contributed by atoms with Crippen LogP contribution in [-0.2, 0) is 9.53 Å². The number of benzene rings is 1. The Morgan fingerprint density at radius 2 is 2.05 bits per heavy atom. The monoisotopic (exact) mass is 259 g/mol. The predicted octanol–water partition coefficient (Wildman–Crippen LogP) is 1.72. The third-order valence-electron chi connectivity index (χ3n) is 3.35. The summed E-state index contributed by atoms with van der Waals surface area (Å²) in [4.78, 5) is 15.6. The van der Waals surface area contributed by atoms with Gasteiger partial charge in [0.05, 0.1) is 17.1 Å². The lowest BCUT2D eigenvalue weighted by atomic mass is 9.98. The zero-order valence-corrected chi connectivity index (χ0v) is 10.1. The summed E-state index contributed by atoms with van der Waals surface area (Å²) in [6.07, 6.45) is -1.65. The van der Waals surface area contributed by atoms with E-state index in [4.69, 9.17) is 9.84 Å². The van der Waals surface area contributed by atoms with E-state index in [9.17, 15) is 9.90 Å². The highest BCUT2D eigenvalue weighted by Crippen LogP contribution is 2.37. The lowest BCUT2D eigenvalue weighted by molar-refractivity contribution is -0.144. The molecule has 19 heavy (non-hydrogen) atoms. The molecule has 0 amide bonds. The molecule has 0 radical (unpaired) electrons. The molecule has 5 nitrogen and oxygen atoms in total. The molecular formula is C14H13NO4. The van der Waals surface area contributed by atoms with Gasteiger partial charge in [-0.2, -0.15) is 0 Å². The molecule has 1 aromatic heterocycles. The smallest absolute Gasteiger partial charge is 0.309 e. The van der Waals surface area contributed by atoms with Crippen LogP contribution in [0.3, 0.4) is 0 Å². The Labute approximate surface area is 109 Å². The minimum Gasteiger partial charge on any atom is -0.481 e. The number of nitrogens with zero attached hydrogens (tertiary/aromatic N) is 1. The Balaban J connectivity index is 2.01. The van der Waals surface area contributed by atoms with Gasteiger partial charge in [-0.3, -0.25) is 9.78 Å². The van der Waals surface area contributed by atoms with Gasteiger partial charge in [-0.05, 0) is 12.1 Å². The van der Waals surface area contributed by atoms with Crippen molar-refractivity contribution in [2.24, 2.45) is 5.92 Å². The molecule has 1 saturated heterocycles. The number of aromatic nitrogens is 1. The Morgan fingerprint density at radius 1 is 1.26 bits per heavy atom. The second-order valence-corrected chi connectivity index (χ2v) is 4.62. The highest BCUT2D eigenvalue weighted by atomic mass is 16.6. The SMILES string of the molecule is O=C(O)C1CC(O)OC1c1ccc2ccccc2n1. The lowest BCUT2D eigenvalue weighted by Crippen LogP contribution is -2.18. The molecule has 3 rings (SSSR count). The van der Waals surface area contributed by atoms with E-state index in [0.717, 1.165) is 10.9 Å². The Hall–Kier alpha value is -1.98. The molecule has 2 heterocycles. The molecule has 1 aliphatic rings. The highest BCUT2D eigenvalue weighted by molar-refractivity contribution is 5.78. The number of carbonyl (C=O) groups is 1. The number of carboxylic acid groups (broad SMARTS) is 1. The van der Waals surface area contributed by atoms with E-state index in [2.05, 4.69) is 4.98 Å². The van der Waals surface area contributed by atoms with Crippen molar-refractivity contribution >= 4 is 16.9 Å². The van der Waals surface area contributed by atoms with Gasteiger partial charge in [0.15, 0.2) is 6.29 Å². The van der Waals surface area contributed by atoms with E-state index < -0.39 is 24.3 Å². The molecule has 2 aromatic rings. The minimum atomic E-state index is -1.04. The number of aliphatic hydroxyl groups excluding tert-OH is 1. The van der Waals surface area contributed by atoms with E-state index in [1.54, 1.807) is 6.07 Å². The zero-order valence-electron chi connectivity index (χ0n) is 10.1. The molecule has 1 aliphatic heterocycles. The van der Waals surface area contributed by atoms with E-state index in [-0.39, 0.29) is 6.42 Å². The van der Waals surface area contributed by atoms with Crippen LogP contribution in [0.4, 0.5) is 0 Å². The second kappa shape index (κ2) is 4.60. The van der Waals surface area contributed by atoms with Crippen LogP contribution in [0.15, 0.2) is 36.4 Å². The van der Waals surface area contributed by atoms with Crippen molar-refractivity contribution < 1.29 is 19.7 Å². The highest BCUT2D eigenvalue weighted by Gasteiger charge is 2.40. The summed E-state index contributed by atoms with van der Waals surface area (Å²) in [5.41, 5.74) is 1.33. The summed E-state index contributed by atoms with van der Waals surface area (Å²) in [6, 6.07) is 11.2. The number of aliphatic carboxylic acids is 1. The average Bonchev–Trinajstić information content (AvgIpc) is 2.80. The van der Waals surface area contributed by atoms with Gasteiger partial charge in [0.25, 0.3) is 0 Å². The van der Waals surface area contributed by atoms with Crippen molar-refractivity contribution in [3.05, 3.63) is 42.1 Å². The molecule has 0 aliphatic carbocycles. The van der Waals surface area contributed by atoms with Gasteiger partial charge in [0.2, 0.25) is 0 Å². The normalized spacial score (nSPS) is 26.7. The van der Waals surface area contributed by atoms with Crippen LogP contribution >= 0.6 is 0 Å². The number of hydrogen-bond acceptors (Lipinski definition) is 4. The van der Waals surface area contributed by atoms with Gasteiger partial charge in [0.1, 0.15) is 6.10 Å². The molecule has 2 N–H and O–H groups in total. The topological polar surface area (TPSA) is 79.7 Å². The van der Waals surface area contributed by atoms with Crippen LogP contribution in [0.2, 0.25) is 0 Å². The fourth-order valence-electron chi connectivity index (χ4n) is 2.41. The third-order valence-corrected chi connectivity index (χ3v) is 3.35. The summed E-state index contributed by atoms with van der Waals surface area (Å²) >= 11 is 0. The van der Waals surface area contributed by atoms with Gasteiger partial charge < -0.3 is 14.9 Å². The second-order valence-electron chi connectivity index (χ2n) is 4.62. The van der Waals surface area contributed by atoms with Crippen molar-refractivity contribution in [1.82, 2.24) is 4.98 Å². The Kier molecular flexibility index (Phi) is 2.93. The molecule has 0 bridgehead atoms. The average molecular weight is 259 g/mol. The maximum Gasteiger partial charge on any atom is 0.309 e. The first-order valence-electron chi connectivity index (χ1n) is 6.07. The molecule has 1 fully saturated rings. The molecule has 5 heteroatoms. The van der Waals surface area contributed by atoms with Crippen molar-refractivity contribution in [1.29, 1.82) is 0 Å². The van der Waals surface area contributed by atoms with Gasteiger partial charge in [0, 0.05) is 11.8 Å². The van der Waals surface area contributed by atoms with Crippen LogP contribution in [0, 0.1) is 5.92 Å². The molecule has 0 saturated carbocycles. The number of ether oxygens (including phenoxy) is 1. The Morgan fingerprint density at radius 3 is 2.84 bits per heavy atom. The number of aliphatic hydroxyl groups is 1. The predicted molar refractivity (Wildman–Crippen MR) is 67.3 cm³/mol. The molecule has 0 spiro atoms. The van der Waals surface area contributed by atoms with E-state index in [1.807, 2.05) is 30.3 Å². The molecule has 98 valence electrons. The largest absolute Gasteiger partial charge is 0.481 e. The number of pyridine rings is 1. The van der Waals surface area contributed by atoms with Gasteiger partial charge >= 0.3 is 5.97 Å². The molecule has 3 atom stereocenters. The number of fused-ring (bicyclic) bond motifs is 1. The lowest BCUT2D eigenvalue weighted by Gasteiger charge is -2.14. The first kappa shape index (κ1) is 12.1. The number of carboxylic acids is 1. The van der Waals surface area contributed by atoms with Crippen molar-refractivity contribution in [3.8, 4) is 0 Å².